The third-order valence-electron chi connectivity index (χ3n) is 2.55. The molecule has 0 radical (unpaired) electrons. The largest absolute Gasteiger partial charge is 0.368 e. The van der Waals surface area contributed by atoms with E-state index in [1.54, 1.807) is 0 Å². The van der Waals surface area contributed by atoms with Crippen LogP contribution in [0.2, 0.25) is 0 Å². The smallest absolute Gasteiger partial charge is 0.236 e. The molecule has 0 saturated carbocycles. The number of hydrogen-bond acceptors (Lipinski definition) is 2. The van der Waals surface area contributed by atoms with E-state index in [4.69, 9.17) is 5.73 Å². The number of likely N-dealkylation sites (tertiary alicyclic amines) is 1. The minimum absolute atomic E-state index is 0.270. The first kappa shape index (κ1) is 10.7. The lowest BCUT2D eigenvalue weighted by atomic mass is 10.3. The minimum Gasteiger partial charge on any atom is -0.368 e. The maximum atomic E-state index is 10.9. The van der Waals surface area contributed by atoms with Gasteiger partial charge in [-0.05, 0) is 18.6 Å². The van der Waals surface area contributed by atoms with E-state index in [1.165, 1.54) is 0 Å². The predicted molar refractivity (Wildman–Crippen MR) is 63.5 cm³/mol. The van der Waals surface area contributed by atoms with Gasteiger partial charge in [-0.2, -0.15) is 0 Å². The Morgan fingerprint density at radius 3 is 2.81 bits per heavy atom. The van der Waals surface area contributed by atoms with Crippen molar-refractivity contribution in [2.24, 2.45) is 10.7 Å². The van der Waals surface area contributed by atoms with Gasteiger partial charge in [-0.3, -0.25) is 4.79 Å². The monoisotopic (exact) mass is 217 g/mol. The molecule has 4 heteroatoms. The molecule has 1 amide bonds. The predicted octanol–water partition coefficient (Wildman–Crippen LogP) is 1.30. The van der Waals surface area contributed by atoms with Crippen LogP contribution < -0.4 is 5.73 Å². The molecule has 4 nitrogen and oxygen atoms in total. The van der Waals surface area contributed by atoms with E-state index >= 15 is 0 Å². The minimum atomic E-state index is -0.303. The molecule has 1 aromatic carbocycles. The average molecular weight is 217 g/mol. The van der Waals surface area contributed by atoms with E-state index in [0.29, 0.717) is 0 Å². The lowest BCUT2D eigenvalue weighted by Gasteiger charge is -2.16. The van der Waals surface area contributed by atoms with Crippen molar-refractivity contribution in [3.8, 4) is 0 Å². The highest BCUT2D eigenvalue weighted by atomic mass is 16.1. The van der Waals surface area contributed by atoms with Gasteiger partial charge in [0.1, 0.15) is 5.84 Å². The molecule has 0 spiro atoms. The van der Waals surface area contributed by atoms with Crippen molar-refractivity contribution in [2.45, 2.75) is 12.8 Å². The average Bonchev–Trinajstić information content (AvgIpc) is 2.66. The molecular formula is C12H15N3O. The number of aliphatic imine (C=N–C) groups is 1. The van der Waals surface area contributed by atoms with Gasteiger partial charge < -0.3 is 10.6 Å². The van der Waals surface area contributed by atoms with E-state index < -0.39 is 0 Å². The third kappa shape index (κ3) is 2.59. The van der Waals surface area contributed by atoms with Crippen LogP contribution in [0.25, 0.3) is 0 Å². The van der Waals surface area contributed by atoms with Crippen molar-refractivity contribution in [3.05, 3.63) is 30.3 Å². The molecule has 16 heavy (non-hydrogen) atoms. The van der Waals surface area contributed by atoms with Crippen molar-refractivity contribution in [1.29, 1.82) is 0 Å². The number of carbonyl (C=O) groups excluding carboxylic acids is 1. The summed E-state index contributed by atoms with van der Waals surface area (Å²) in [5.74, 6) is 0.660. The molecule has 1 aromatic rings. The van der Waals surface area contributed by atoms with E-state index in [2.05, 4.69) is 4.99 Å². The molecule has 2 N–H and O–H groups in total. The number of amides is 1. The molecule has 1 heterocycles. The van der Waals surface area contributed by atoms with Gasteiger partial charge in [-0.1, -0.05) is 18.2 Å². The summed E-state index contributed by atoms with van der Waals surface area (Å²) in [5.41, 5.74) is 6.12. The second-order valence-corrected chi connectivity index (χ2v) is 3.86. The molecule has 1 fully saturated rings. The van der Waals surface area contributed by atoms with Crippen LogP contribution in [0.3, 0.4) is 0 Å². The lowest BCUT2D eigenvalue weighted by Crippen LogP contribution is -2.34. The number of primary amides is 1. The van der Waals surface area contributed by atoms with Gasteiger partial charge in [0, 0.05) is 13.0 Å². The van der Waals surface area contributed by atoms with E-state index in [9.17, 15) is 4.79 Å². The highest BCUT2D eigenvalue weighted by molar-refractivity contribution is 5.90. The molecule has 0 aliphatic carbocycles. The van der Waals surface area contributed by atoms with Crippen molar-refractivity contribution < 1.29 is 4.79 Å². The Hall–Kier alpha value is -1.84. The van der Waals surface area contributed by atoms with Crippen LogP contribution in [-0.2, 0) is 4.79 Å². The lowest BCUT2D eigenvalue weighted by molar-refractivity contribution is -0.118. The second kappa shape index (κ2) is 4.79. The molecule has 2 rings (SSSR count). The molecular weight excluding hydrogens is 202 g/mol. The van der Waals surface area contributed by atoms with Crippen LogP contribution in [0.4, 0.5) is 5.69 Å². The second-order valence-electron chi connectivity index (χ2n) is 3.86. The summed E-state index contributed by atoms with van der Waals surface area (Å²) >= 11 is 0. The van der Waals surface area contributed by atoms with E-state index in [1.807, 2.05) is 35.2 Å². The van der Waals surface area contributed by atoms with Gasteiger partial charge in [0.05, 0.1) is 12.2 Å². The van der Waals surface area contributed by atoms with Gasteiger partial charge >= 0.3 is 0 Å². The molecule has 0 bridgehead atoms. The molecule has 1 saturated heterocycles. The van der Waals surface area contributed by atoms with Gasteiger partial charge in [0.2, 0.25) is 5.91 Å². The van der Waals surface area contributed by atoms with Crippen LogP contribution in [0.5, 0.6) is 0 Å². The summed E-state index contributed by atoms with van der Waals surface area (Å²) in [6.07, 6.45) is 1.96. The maximum absolute atomic E-state index is 10.9. The highest BCUT2D eigenvalue weighted by Gasteiger charge is 2.19. The zero-order valence-corrected chi connectivity index (χ0v) is 9.10. The summed E-state index contributed by atoms with van der Waals surface area (Å²) in [4.78, 5) is 17.4. The summed E-state index contributed by atoms with van der Waals surface area (Å²) < 4.78 is 0. The van der Waals surface area contributed by atoms with Gasteiger partial charge in [-0.15, -0.1) is 0 Å². The van der Waals surface area contributed by atoms with Crippen LogP contribution in [0.15, 0.2) is 35.3 Å². The van der Waals surface area contributed by atoms with Crippen LogP contribution in [-0.4, -0.2) is 29.7 Å². The Kier molecular flexibility index (Phi) is 3.19. The van der Waals surface area contributed by atoms with Crippen molar-refractivity contribution in [2.75, 3.05) is 13.1 Å². The van der Waals surface area contributed by atoms with Crippen LogP contribution >= 0.6 is 0 Å². The Morgan fingerprint density at radius 1 is 1.38 bits per heavy atom. The van der Waals surface area contributed by atoms with Crippen molar-refractivity contribution >= 4 is 17.4 Å². The SMILES string of the molecule is NC(=O)CN1CCCC1=Nc1ccccc1. The number of amidine groups is 1. The summed E-state index contributed by atoms with van der Waals surface area (Å²) in [6.45, 7) is 1.14. The fraction of sp³-hybridized carbons (Fsp3) is 0.333. The zero-order chi connectivity index (χ0) is 11.4. The fourth-order valence-electron chi connectivity index (χ4n) is 1.85. The van der Waals surface area contributed by atoms with Crippen molar-refractivity contribution in [1.82, 2.24) is 4.90 Å². The molecule has 84 valence electrons. The summed E-state index contributed by atoms with van der Waals surface area (Å²) in [5, 5.41) is 0. The normalized spacial score (nSPS) is 18.0. The number of carbonyl (C=O) groups is 1. The number of para-hydroxylation sites is 1. The Bertz CT molecular complexity index is 400. The zero-order valence-electron chi connectivity index (χ0n) is 9.10. The molecule has 1 aliphatic heterocycles. The number of benzene rings is 1. The highest BCUT2D eigenvalue weighted by Crippen LogP contribution is 2.17. The maximum Gasteiger partial charge on any atom is 0.236 e. The first-order valence-corrected chi connectivity index (χ1v) is 5.41. The van der Waals surface area contributed by atoms with Crippen LogP contribution in [0.1, 0.15) is 12.8 Å². The van der Waals surface area contributed by atoms with Gasteiger partial charge in [0.15, 0.2) is 0 Å². The molecule has 0 atom stereocenters. The third-order valence-corrected chi connectivity index (χ3v) is 2.55. The molecule has 0 aromatic heterocycles. The van der Waals surface area contributed by atoms with Gasteiger partial charge in [-0.25, -0.2) is 4.99 Å². The fourth-order valence-corrected chi connectivity index (χ4v) is 1.85. The first-order chi connectivity index (χ1) is 7.75. The van der Waals surface area contributed by atoms with Crippen LogP contribution in [0, 0.1) is 0 Å². The number of hydrogen-bond donors (Lipinski definition) is 1. The Balaban J connectivity index is 2.13. The molecule has 1 aliphatic rings. The number of nitrogens with zero attached hydrogens (tertiary/aromatic N) is 2. The summed E-state index contributed by atoms with van der Waals surface area (Å²) in [6, 6.07) is 9.76. The van der Waals surface area contributed by atoms with Gasteiger partial charge in [0.25, 0.3) is 0 Å². The number of rotatable bonds is 3. The van der Waals surface area contributed by atoms with E-state index in [-0.39, 0.29) is 12.5 Å². The van der Waals surface area contributed by atoms with E-state index in [0.717, 1.165) is 30.9 Å². The standard InChI is InChI=1S/C12H15N3O/c13-11(16)9-15-8-4-7-12(15)14-10-5-2-1-3-6-10/h1-3,5-6H,4,7-9H2,(H2,13,16). The Morgan fingerprint density at radius 2 is 2.12 bits per heavy atom. The topological polar surface area (TPSA) is 58.7 Å². The molecule has 0 unspecified atom stereocenters. The summed E-state index contributed by atoms with van der Waals surface area (Å²) in [7, 11) is 0. The van der Waals surface area contributed by atoms with Crippen molar-refractivity contribution in [3.63, 3.8) is 0 Å². The quantitative estimate of drug-likeness (QED) is 0.829. The first-order valence-electron chi connectivity index (χ1n) is 5.41. The number of nitrogens with two attached hydrogens (primary N) is 1. The Labute approximate surface area is 94.8 Å².